The number of allylic oxidation sites excluding steroid dienone is 1. The van der Waals surface area contributed by atoms with Gasteiger partial charge in [0.05, 0.1) is 10.6 Å². The minimum absolute atomic E-state index is 0.0433. The average Bonchev–Trinajstić information content (AvgIpc) is 2.59. The number of nitro benzene ring substituents is 1. The highest BCUT2D eigenvalue weighted by Crippen LogP contribution is 2.28. The molecule has 0 bridgehead atoms. The van der Waals surface area contributed by atoms with E-state index in [4.69, 9.17) is 4.74 Å². The maximum Gasteiger partial charge on any atom is 0.270 e. The first-order valence-corrected chi connectivity index (χ1v) is 7.06. The van der Waals surface area contributed by atoms with E-state index >= 15 is 0 Å². The molecule has 120 valence electrons. The summed E-state index contributed by atoms with van der Waals surface area (Å²) in [6, 6.07) is 10.7. The summed E-state index contributed by atoms with van der Waals surface area (Å²) in [4.78, 5) is 33.8. The molecule has 0 aliphatic carbocycles. The highest BCUT2D eigenvalue weighted by molar-refractivity contribution is 6.08. The molecule has 0 spiro atoms. The van der Waals surface area contributed by atoms with E-state index in [1.54, 1.807) is 24.3 Å². The number of ketones is 1. The molecule has 7 nitrogen and oxygen atoms in total. The van der Waals surface area contributed by atoms with Crippen LogP contribution >= 0.6 is 0 Å². The van der Waals surface area contributed by atoms with Crippen molar-refractivity contribution < 1.29 is 19.2 Å². The number of hydrogen-bond acceptors (Lipinski definition) is 5. The minimum Gasteiger partial charge on any atom is -0.482 e. The van der Waals surface area contributed by atoms with Gasteiger partial charge in [-0.1, -0.05) is 18.2 Å². The summed E-state index contributed by atoms with van der Waals surface area (Å²) < 4.78 is 5.23. The molecule has 0 saturated heterocycles. The van der Waals surface area contributed by atoms with Gasteiger partial charge in [0.2, 0.25) is 0 Å². The molecule has 1 aliphatic rings. The number of rotatable bonds is 4. The van der Waals surface area contributed by atoms with Crippen LogP contribution < -0.4 is 10.1 Å². The number of anilines is 1. The fraction of sp³-hybridized carbons (Fsp3) is 0.0588. The fourth-order valence-electron chi connectivity index (χ4n) is 2.25. The third kappa shape index (κ3) is 3.30. The maximum absolute atomic E-state index is 12.2. The summed E-state index contributed by atoms with van der Waals surface area (Å²) in [5.74, 6) is -0.0582. The van der Waals surface area contributed by atoms with Crippen LogP contribution in [0.2, 0.25) is 0 Å². The molecule has 0 radical (unpaired) electrons. The third-order valence-corrected chi connectivity index (χ3v) is 3.41. The first kappa shape index (κ1) is 15.4. The van der Waals surface area contributed by atoms with Gasteiger partial charge in [0, 0.05) is 17.7 Å². The Labute approximate surface area is 136 Å². The van der Waals surface area contributed by atoms with Crippen LogP contribution in [0, 0.1) is 10.1 Å². The van der Waals surface area contributed by atoms with Crippen LogP contribution in [-0.4, -0.2) is 23.2 Å². The second kappa shape index (κ2) is 6.33. The number of nitrogens with zero attached hydrogens (tertiary/aromatic N) is 1. The predicted molar refractivity (Wildman–Crippen MR) is 87.0 cm³/mol. The number of amides is 1. The molecule has 0 saturated carbocycles. The van der Waals surface area contributed by atoms with Gasteiger partial charge in [-0.15, -0.1) is 0 Å². The molecule has 3 rings (SSSR count). The van der Waals surface area contributed by atoms with Crippen LogP contribution in [0.15, 0.2) is 48.5 Å². The van der Waals surface area contributed by atoms with E-state index < -0.39 is 4.92 Å². The van der Waals surface area contributed by atoms with Crippen LogP contribution in [0.25, 0.3) is 6.08 Å². The van der Waals surface area contributed by atoms with Gasteiger partial charge in [0.15, 0.2) is 12.4 Å². The van der Waals surface area contributed by atoms with Crippen molar-refractivity contribution in [2.75, 3.05) is 11.9 Å². The zero-order valence-corrected chi connectivity index (χ0v) is 12.4. The molecule has 0 unspecified atom stereocenters. The van der Waals surface area contributed by atoms with Gasteiger partial charge < -0.3 is 10.1 Å². The van der Waals surface area contributed by atoms with Gasteiger partial charge in [-0.25, -0.2) is 0 Å². The Kier molecular flexibility index (Phi) is 4.07. The average molecular weight is 324 g/mol. The predicted octanol–water partition coefficient (Wildman–Crippen LogP) is 2.82. The highest BCUT2D eigenvalue weighted by Gasteiger charge is 2.17. The number of benzene rings is 2. The Morgan fingerprint density at radius 3 is 2.88 bits per heavy atom. The van der Waals surface area contributed by atoms with E-state index in [0.29, 0.717) is 22.6 Å². The van der Waals surface area contributed by atoms with Crippen molar-refractivity contribution in [3.8, 4) is 5.75 Å². The van der Waals surface area contributed by atoms with E-state index in [1.807, 2.05) is 0 Å². The van der Waals surface area contributed by atoms with Gasteiger partial charge in [0.1, 0.15) is 5.75 Å². The van der Waals surface area contributed by atoms with Gasteiger partial charge in [-0.05, 0) is 29.8 Å². The Hall–Kier alpha value is -3.48. The minimum atomic E-state index is -0.495. The molecule has 0 aromatic heterocycles. The second-order valence-electron chi connectivity index (χ2n) is 5.10. The van der Waals surface area contributed by atoms with Crippen LogP contribution in [0.1, 0.15) is 15.9 Å². The number of fused-ring (bicyclic) bond motifs is 1. The summed E-state index contributed by atoms with van der Waals surface area (Å²) in [7, 11) is 0. The smallest absolute Gasteiger partial charge is 0.270 e. The van der Waals surface area contributed by atoms with Crippen molar-refractivity contribution in [1.82, 2.24) is 0 Å². The summed E-state index contributed by atoms with van der Waals surface area (Å²) in [5.41, 5.74) is 1.33. The number of hydrogen-bond donors (Lipinski definition) is 1. The molecule has 1 amide bonds. The summed E-state index contributed by atoms with van der Waals surface area (Å²) in [5, 5.41) is 13.4. The molecule has 2 aromatic rings. The molecule has 1 N–H and O–H groups in total. The Balaban J connectivity index is 1.80. The summed E-state index contributed by atoms with van der Waals surface area (Å²) in [6.45, 7) is -0.0486. The fourth-order valence-corrected chi connectivity index (χ4v) is 2.25. The zero-order chi connectivity index (χ0) is 17.1. The molecule has 2 aromatic carbocycles. The molecular weight excluding hydrogens is 312 g/mol. The Morgan fingerprint density at radius 2 is 2.08 bits per heavy atom. The molecule has 0 fully saturated rings. The number of ether oxygens (including phenoxy) is 1. The van der Waals surface area contributed by atoms with Gasteiger partial charge in [-0.3, -0.25) is 19.7 Å². The van der Waals surface area contributed by atoms with Crippen molar-refractivity contribution in [3.63, 3.8) is 0 Å². The Bertz CT molecular complexity index is 873. The quantitative estimate of drug-likeness (QED) is 0.403. The standard InChI is InChI=1S/C17H12N2O5/c20-15(6-4-11-2-1-3-13(8-11)19(22)23)12-5-7-16-14(9-12)18-17(21)10-24-16/h1-9H,10H2,(H,18,21). The van der Waals surface area contributed by atoms with E-state index in [0.717, 1.165) is 0 Å². The number of nitrogens with one attached hydrogen (secondary N) is 1. The number of nitro groups is 1. The first-order chi connectivity index (χ1) is 11.5. The van der Waals surface area contributed by atoms with Gasteiger partial charge in [0.25, 0.3) is 11.6 Å². The Morgan fingerprint density at radius 1 is 1.25 bits per heavy atom. The lowest BCUT2D eigenvalue weighted by Gasteiger charge is -2.17. The lowest BCUT2D eigenvalue weighted by Crippen LogP contribution is -2.25. The molecule has 7 heteroatoms. The largest absolute Gasteiger partial charge is 0.482 e. The van der Waals surface area contributed by atoms with E-state index in [-0.39, 0.29) is 24.0 Å². The van der Waals surface area contributed by atoms with Crippen LogP contribution in [0.3, 0.4) is 0 Å². The van der Waals surface area contributed by atoms with Gasteiger partial charge in [-0.2, -0.15) is 0 Å². The molecule has 1 heterocycles. The molecular formula is C17H12N2O5. The number of non-ortho nitro benzene ring substituents is 1. The zero-order valence-electron chi connectivity index (χ0n) is 12.4. The van der Waals surface area contributed by atoms with Crippen molar-refractivity contribution in [2.45, 2.75) is 0 Å². The van der Waals surface area contributed by atoms with E-state index in [9.17, 15) is 19.7 Å². The van der Waals surface area contributed by atoms with Crippen molar-refractivity contribution in [3.05, 3.63) is 69.8 Å². The lowest BCUT2D eigenvalue weighted by molar-refractivity contribution is -0.384. The molecule has 24 heavy (non-hydrogen) atoms. The highest BCUT2D eigenvalue weighted by atomic mass is 16.6. The number of carbonyl (C=O) groups is 2. The number of carbonyl (C=O) groups excluding carboxylic acids is 2. The SMILES string of the molecule is O=C1COc2ccc(C(=O)C=Cc3cccc([N+](=O)[O-])c3)cc2N1. The van der Waals surface area contributed by atoms with E-state index in [1.165, 1.54) is 30.4 Å². The van der Waals surface area contributed by atoms with Crippen LogP contribution in [0.4, 0.5) is 11.4 Å². The second-order valence-corrected chi connectivity index (χ2v) is 5.10. The van der Waals surface area contributed by atoms with Crippen molar-refractivity contribution >= 4 is 29.1 Å². The topological polar surface area (TPSA) is 98.5 Å². The summed E-state index contributed by atoms with van der Waals surface area (Å²) in [6.07, 6.45) is 2.83. The third-order valence-electron chi connectivity index (χ3n) is 3.41. The maximum atomic E-state index is 12.2. The molecule has 0 atom stereocenters. The van der Waals surface area contributed by atoms with Crippen LogP contribution in [-0.2, 0) is 4.79 Å². The molecule has 1 aliphatic heterocycles. The van der Waals surface area contributed by atoms with Crippen molar-refractivity contribution in [1.29, 1.82) is 0 Å². The van der Waals surface area contributed by atoms with Crippen molar-refractivity contribution in [2.24, 2.45) is 0 Å². The van der Waals surface area contributed by atoms with Crippen LogP contribution in [0.5, 0.6) is 5.75 Å². The monoisotopic (exact) mass is 324 g/mol. The summed E-state index contributed by atoms with van der Waals surface area (Å²) >= 11 is 0. The normalized spacial score (nSPS) is 13.1. The lowest BCUT2D eigenvalue weighted by atomic mass is 10.1. The van der Waals surface area contributed by atoms with E-state index in [2.05, 4.69) is 5.32 Å². The first-order valence-electron chi connectivity index (χ1n) is 7.06. The van der Waals surface area contributed by atoms with Gasteiger partial charge >= 0.3 is 0 Å².